The largest absolute Gasteiger partial charge is 0.481 e. The highest BCUT2D eigenvalue weighted by Gasteiger charge is 2.23. The second-order valence-corrected chi connectivity index (χ2v) is 7.08. The van der Waals surface area contributed by atoms with Gasteiger partial charge >= 0.3 is 0 Å². The molecule has 4 nitrogen and oxygen atoms in total. The molecule has 1 unspecified atom stereocenters. The zero-order chi connectivity index (χ0) is 17.3. The lowest BCUT2D eigenvalue weighted by atomic mass is 9.87. The first-order valence-corrected chi connectivity index (χ1v) is 8.54. The molecule has 3 aromatic rings. The van der Waals surface area contributed by atoms with E-state index in [9.17, 15) is 0 Å². The number of aryl methyl sites for hydroxylation is 1. The van der Waals surface area contributed by atoms with Crippen LogP contribution in [0, 0.1) is 6.92 Å². The molecule has 1 atom stereocenters. The molecule has 1 aromatic carbocycles. The normalized spacial score (nSPS) is 13.7. The van der Waals surface area contributed by atoms with Gasteiger partial charge in [0.15, 0.2) is 0 Å². The van der Waals surface area contributed by atoms with E-state index in [0.717, 1.165) is 32.3 Å². The summed E-state index contributed by atoms with van der Waals surface area (Å²) in [4.78, 5) is 9.07. The highest BCUT2D eigenvalue weighted by molar-refractivity contribution is 9.10. The van der Waals surface area contributed by atoms with Crippen LogP contribution in [0.15, 0.2) is 47.1 Å². The molecule has 0 amide bonds. The van der Waals surface area contributed by atoms with Gasteiger partial charge in [-0.1, -0.05) is 18.2 Å². The number of halogens is 1. The molecule has 0 spiro atoms. The lowest BCUT2D eigenvalue weighted by molar-refractivity contribution is 0.396. The van der Waals surface area contributed by atoms with Gasteiger partial charge in [-0.3, -0.25) is 0 Å². The standard InChI is InChI=1S/C19H20BrN3O/c1-12-9-13-7-8-14(10-16(13)23-18(12)24-3)19(2,21)11-15-5-4-6-17(20)22-15/h4-10H,11,21H2,1-3H3. The third-order valence-electron chi connectivity index (χ3n) is 4.14. The lowest BCUT2D eigenvalue weighted by Gasteiger charge is -2.25. The van der Waals surface area contributed by atoms with E-state index in [-0.39, 0.29) is 0 Å². The van der Waals surface area contributed by atoms with Gasteiger partial charge in [-0.2, -0.15) is 0 Å². The fourth-order valence-electron chi connectivity index (χ4n) is 2.84. The van der Waals surface area contributed by atoms with Crippen molar-refractivity contribution in [3.8, 4) is 5.88 Å². The minimum atomic E-state index is -0.540. The maximum Gasteiger partial charge on any atom is 0.216 e. The molecular formula is C19H20BrN3O. The van der Waals surface area contributed by atoms with Crippen LogP contribution in [-0.4, -0.2) is 17.1 Å². The molecule has 2 aromatic heterocycles. The van der Waals surface area contributed by atoms with Crippen molar-refractivity contribution >= 4 is 26.8 Å². The van der Waals surface area contributed by atoms with Gasteiger partial charge < -0.3 is 10.5 Å². The summed E-state index contributed by atoms with van der Waals surface area (Å²) in [5, 5.41) is 1.08. The van der Waals surface area contributed by atoms with E-state index >= 15 is 0 Å². The third kappa shape index (κ3) is 3.42. The zero-order valence-electron chi connectivity index (χ0n) is 14.0. The first kappa shape index (κ1) is 16.9. The Labute approximate surface area is 150 Å². The Bertz CT molecular complexity index is 893. The van der Waals surface area contributed by atoms with E-state index in [2.05, 4.69) is 44.1 Å². The number of hydrogen-bond donors (Lipinski definition) is 1. The van der Waals surface area contributed by atoms with E-state index in [1.54, 1.807) is 7.11 Å². The summed E-state index contributed by atoms with van der Waals surface area (Å²) in [6.07, 6.45) is 0.640. The maximum atomic E-state index is 6.60. The summed E-state index contributed by atoms with van der Waals surface area (Å²) in [5.41, 5.74) is 9.93. The number of aromatic nitrogens is 2. The molecule has 0 aliphatic carbocycles. The predicted molar refractivity (Wildman–Crippen MR) is 100 cm³/mol. The molecule has 0 saturated carbocycles. The van der Waals surface area contributed by atoms with Crippen LogP contribution in [0.1, 0.15) is 23.7 Å². The average molecular weight is 386 g/mol. The third-order valence-corrected chi connectivity index (χ3v) is 4.58. The molecule has 0 aliphatic heterocycles. The molecule has 24 heavy (non-hydrogen) atoms. The van der Waals surface area contributed by atoms with Crippen molar-refractivity contribution in [2.75, 3.05) is 7.11 Å². The van der Waals surface area contributed by atoms with Gasteiger partial charge in [-0.05, 0) is 59.6 Å². The Morgan fingerprint density at radius 2 is 1.96 bits per heavy atom. The van der Waals surface area contributed by atoms with Gasteiger partial charge in [0.1, 0.15) is 4.60 Å². The van der Waals surface area contributed by atoms with Crippen molar-refractivity contribution in [3.05, 3.63) is 63.9 Å². The Morgan fingerprint density at radius 1 is 1.17 bits per heavy atom. The first-order chi connectivity index (χ1) is 11.4. The van der Waals surface area contributed by atoms with Crippen molar-refractivity contribution in [2.24, 2.45) is 5.73 Å². The van der Waals surface area contributed by atoms with Gasteiger partial charge in [0.05, 0.1) is 12.6 Å². The maximum absolute atomic E-state index is 6.60. The van der Waals surface area contributed by atoms with Crippen LogP contribution >= 0.6 is 15.9 Å². The van der Waals surface area contributed by atoms with Crippen LogP contribution in [0.5, 0.6) is 5.88 Å². The van der Waals surface area contributed by atoms with Crippen molar-refractivity contribution in [1.29, 1.82) is 0 Å². The number of benzene rings is 1. The quantitative estimate of drug-likeness (QED) is 0.685. The second kappa shape index (κ2) is 6.49. The van der Waals surface area contributed by atoms with Gasteiger partial charge in [0, 0.05) is 28.6 Å². The topological polar surface area (TPSA) is 61.0 Å². The van der Waals surface area contributed by atoms with E-state index in [1.165, 1.54) is 0 Å². The number of pyridine rings is 2. The minimum absolute atomic E-state index is 0.540. The van der Waals surface area contributed by atoms with Crippen LogP contribution < -0.4 is 10.5 Å². The summed E-state index contributed by atoms with van der Waals surface area (Å²) in [7, 11) is 1.64. The predicted octanol–water partition coefficient (Wildman–Crippen LogP) is 4.13. The number of methoxy groups -OCH3 is 1. The molecule has 0 saturated heterocycles. The molecule has 5 heteroatoms. The summed E-state index contributed by atoms with van der Waals surface area (Å²) in [6.45, 7) is 4.01. The number of ether oxygens (including phenoxy) is 1. The molecule has 0 aliphatic rings. The smallest absolute Gasteiger partial charge is 0.216 e. The van der Waals surface area contributed by atoms with Crippen LogP contribution in [0.4, 0.5) is 0 Å². The molecule has 124 valence electrons. The monoisotopic (exact) mass is 385 g/mol. The molecule has 2 N–H and O–H groups in total. The summed E-state index contributed by atoms with van der Waals surface area (Å²) < 4.78 is 6.15. The highest BCUT2D eigenvalue weighted by atomic mass is 79.9. The number of hydrogen-bond acceptors (Lipinski definition) is 4. The van der Waals surface area contributed by atoms with Gasteiger partial charge in [0.2, 0.25) is 5.88 Å². The van der Waals surface area contributed by atoms with E-state index in [4.69, 9.17) is 10.5 Å². The van der Waals surface area contributed by atoms with E-state index < -0.39 is 5.54 Å². The number of fused-ring (bicyclic) bond motifs is 1. The Hall–Kier alpha value is -1.98. The highest BCUT2D eigenvalue weighted by Crippen LogP contribution is 2.28. The molecule has 0 fully saturated rings. The Kier molecular flexibility index (Phi) is 4.56. The van der Waals surface area contributed by atoms with E-state index in [0.29, 0.717) is 12.3 Å². The second-order valence-electron chi connectivity index (χ2n) is 6.27. The zero-order valence-corrected chi connectivity index (χ0v) is 15.6. The lowest BCUT2D eigenvalue weighted by Crippen LogP contribution is -2.35. The summed E-state index contributed by atoms with van der Waals surface area (Å²) in [5.74, 6) is 0.645. The molecular weight excluding hydrogens is 366 g/mol. The fourth-order valence-corrected chi connectivity index (χ4v) is 3.22. The van der Waals surface area contributed by atoms with Crippen LogP contribution in [0.3, 0.4) is 0 Å². The van der Waals surface area contributed by atoms with Crippen molar-refractivity contribution in [3.63, 3.8) is 0 Å². The minimum Gasteiger partial charge on any atom is -0.481 e. The van der Waals surface area contributed by atoms with Crippen LogP contribution in [0.25, 0.3) is 10.9 Å². The number of nitrogens with zero attached hydrogens (tertiary/aromatic N) is 2. The van der Waals surface area contributed by atoms with Crippen molar-refractivity contribution < 1.29 is 4.74 Å². The summed E-state index contributed by atoms with van der Waals surface area (Å²) >= 11 is 3.41. The van der Waals surface area contributed by atoms with Crippen LogP contribution in [0.2, 0.25) is 0 Å². The van der Waals surface area contributed by atoms with Gasteiger partial charge in [-0.25, -0.2) is 9.97 Å². The SMILES string of the molecule is COc1nc2cc(C(C)(N)Cc3cccc(Br)n3)ccc2cc1C. The number of rotatable bonds is 4. The van der Waals surface area contributed by atoms with Crippen molar-refractivity contribution in [2.45, 2.75) is 25.8 Å². The van der Waals surface area contributed by atoms with Crippen molar-refractivity contribution in [1.82, 2.24) is 9.97 Å². The van der Waals surface area contributed by atoms with Gasteiger partial charge in [0.25, 0.3) is 0 Å². The number of nitrogens with two attached hydrogens (primary N) is 1. The Morgan fingerprint density at radius 3 is 2.67 bits per heavy atom. The molecule has 0 bridgehead atoms. The van der Waals surface area contributed by atoms with Crippen LogP contribution in [-0.2, 0) is 12.0 Å². The molecule has 0 radical (unpaired) electrons. The molecule has 3 rings (SSSR count). The Balaban J connectivity index is 1.99. The van der Waals surface area contributed by atoms with Gasteiger partial charge in [-0.15, -0.1) is 0 Å². The van der Waals surface area contributed by atoms with E-state index in [1.807, 2.05) is 38.1 Å². The first-order valence-electron chi connectivity index (χ1n) is 7.75. The summed E-state index contributed by atoms with van der Waals surface area (Å²) in [6, 6.07) is 14.1. The molecule has 2 heterocycles. The average Bonchev–Trinajstić information content (AvgIpc) is 2.53. The fraction of sp³-hybridized carbons (Fsp3) is 0.263.